The Bertz CT molecular complexity index is 1820. The number of anilines is 2. The van der Waals surface area contributed by atoms with Crippen molar-refractivity contribution in [3.63, 3.8) is 0 Å². The van der Waals surface area contributed by atoms with E-state index in [0.717, 1.165) is 106 Å². The van der Waals surface area contributed by atoms with Gasteiger partial charge in [0.25, 0.3) is 0 Å². The number of hydrogen-bond donors (Lipinski definition) is 2. The molecule has 8 nitrogen and oxygen atoms in total. The van der Waals surface area contributed by atoms with Crippen LogP contribution >= 0.6 is 0 Å². The molecule has 0 aliphatic carbocycles. The number of likely N-dealkylation sites (tertiary alicyclic amines) is 1. The van der Waals surface area contributed by atoms with E-state index in [1.807, 2.05) is 12.4 Å². The number of ether oxygens (including phenoxy) is 2. The molecule has 41 heavy (non-hydrogen) atoms. The zero-order valence-electron chi connectivity index (χ0n) is 22.4. The fourth-order valence-corrected chi connectivity index (χ4v) is 6.61. The van der Waals surface area contributed by atoms with Crippen LogP contribution in [-0.4, -0.2) is 64.7 Å². The van der Waals surface area contributed by atoms with Crippen molar-refractivity contribution in [2.24, 2.45) is 5.41 Å². The van der Waals surface area contributed by atoms with Crippen molar-refractivity contribution in [3.8, 4) is 33.8 Å². The number of nitrogens with zero attached hydrogens (tertiary/aromatic N) is 4. The molecule has 8 heteroatoms. The normalized spacial score (nSPS) is 17.2. The molecule has 3 aliphatic rings. The Labute approximate surface area is 236 Å². The lowest BCUT2D eigenvalue weighted by atomic mass is 9.78. The van der Waals surface area contributed by atoms with Crippen LogP contribution in [0, 0.1) is 5.41 Å². The van der Waals surface area contributed by atoms with Gasteiger partial charge in [0.2, 0.25) is 0 Å². The SMILES string of the molecule is c1cc2c(cc1-c1ccc3[nH]ncc3c1)Oc1cc(-c3ccc4[nH]ncc4c3)ccc1N2CCN1CC2(COC2)C1. The van der Waals surface area contributed by atoms with Crippen molar-refractivity contribution in [1.29, 1.82) is 0 Å². The number of hydrogen-bond acceptors (Lipinski definition) is 6. The molecule has 0 unspecified atom stereocenters. The maximum absolute atomic E-state index is 6.67. The molecule has 9 rings (SSSR count). The van der Waals surface area contributed by atoms with Crippen LogP contribution in [-0.2, 0) is 4.74 Å². The largest absolute Gasteiger partial charge is 0.453 e. The van der Waals surface area contributed by atoms with E-state index < -0.39 is 0 Å². The Balaban J connectivity index is 1.08. The van der Waals surface area contributed by atoms with E-state index in [1.54, 1.807) is 0 Å². The fourth-order valence-electron chi connectivity index (χ4n) is 6.61. The van der Waals surface area contributed by atoms with Gasteiger partial charge in [0.05, 0.1) is 48.0 Å². The molecule has 0 bridgehead atoms. The van der Waals surface area contributed by atoms with Gasteiger partial charge in [0, 0.05) is 42.4 Å². The number of H-pyrrole nitrogens is 2. The topological polar surface area (TPSA) is 82.3 Å². The van der Waals surface area contributed by atoms with Gasteiger partial charge in [-0.15, -0.1) is 0 Å². The Morgan fingerprint density at radius 1 is 0.659 bits per heavy atom. The minimum Gasteiger partial charge on any atom is -0.453 e. The highest BCUT2D eigenvalue weighted by Crippen LogP contribution is 2.49. The zero-order valence-corrected chi connectivity index (χ0v) is 22.4. The van der Waals surface area contributed by atoms with E-state index in [1.165, 1.54) is 0 Å². The maximum atomic E-state index is 6.67. The van der Waals surface area contributed by atoms with Crippen LogP contribution in [0.3, 0.4) is 0 Å². The van der Waals surface area contributed by atoms with Crippen LogP contribution in [0.4, 0.5) is 11.4 Å². The molecule has 202 valence electrons. The van der Waals surface area contributed by atoms with Crippen molar-refractivity contribution < 1.29 is 9.47 Å². The lowest BCUT2D eigenvalue weighted by Gasteiger charge is -2.55. The van der Waals surface area contributed by atoms with Crippen molar-refractivity contribution in [3.05, 3.63) is 85.2 Å². The van der Waals surface area contributed by atoms with Gasteiger partial charge in [-0.1, -0.05) is 24.3 Å². The monoisotopic (exact) mass is 540 g/mol. The molecule has 0 saturated carbocycles. The van der Waals surface area contributed by atoms with Crippen LogP contribution in [0.2, 0.25) is 0 Å². The van der Waals surface area contributed by atoms with E-state index >= 15 is 0 Å². The van der Waals surface area contributed by atoms with Gasteiger partial charge in [0.1, 0.15) is 0 Å². The summed E-state index contributed by atoms with van der Waals surface area (Å²) in [5.74, 6) is 1.74. The van der Waals surface area contributed by atoms with Crippen molar-refractivity contribution in [1.82, 2.24) is 25.3 Å². The standard InChI is InChI=1S/C33H28N6O2/c1-5-27-25(15-34-36-27)11-21(1)23-3-7-29-31(13-23)41-32-14-24(22-2-6-28-26(12-22)16-35-37-28)4-8-30(32)39(29)10-9-38-17-33(18-38)19-40-20-33/h1-8,11-16H,9-10,17-20H2,(H,34,36)(H,35,37). The predicted molar refractivity (Wildman–Crippen MR) is 160 cm³/mol. The predicted octanol–water partition coefficient (Wildman–Crippen LogP) is 6.35. The summed E-state index contributed by atoms with van der Waals surface area (Å²) in [6.07, 6.45) is 3.73. The summed E-state index contributed by atoms with van der Waals surface area (Å²) in [5.41, 5.74) is 9.18. The second kappa shape index (κ2) is 8.67. The van der Waals surface area contributed by atoms with Gasteiger partial charge in [0.15, 0.2) is 11.5 Å². The Hall–Kier alpha value is -4.66. The smallest absolute Gasteiger partial charge is 0.151 e. The maximum Gasteiger partial charge on any atom is 0.151 e. The molecule has 2 aromatic heterocycles. The van der Waals surface area contributed by atoms with E-state index in [2.05, 4.69) is 103 Å². The lowest BCUT2D eigenvalue weighted by molar-refractivity contribution is -0.187. The Kier molecular flexibility index (Phi) is 4.88. The van der Waals surface area contributed by atoms with Crippen molar-refractivity contribution >= 4 is 33.2 Å². The van der Waals surface area contributed by atoms with Gasteiger partial charge < -0.3 is 19.3 Å². The van der Waals surface area contributed by atoms with Gasteiger partial charge in [-0.3, -0.25) is 10.2 Å². The second-order valence-electron chi connectivity index (χ2n) is 11.7. The minimum atomic E-state index is 0.413. The van der Waals surface area contributed by atoms with E-state index in [9.17, 15) is 0 Å². The van der Waals surface area contributed by atoms with Gasteiger partial charge in [-0.2, -0.15) is 10.2 Å². The second-order valence-corrected chi connectivity index (χ2v) is 11.7. The first-order chi connectivity index (χ1) is 20.2. The number of aromatic nitrogens is 4. The minimum absolute atomic E-state index is 0.413. The van der Waals surface area contributed by atoms with Crippen LogP contribution in [0.25, 0.3) is 44.1 Å². The van der Waals surface area contributed by atoms with Crippen molar-refractivity contribution in [2.45, 2.75) is 0 Å². The number of rotatable bonds is 5. The first-order valence-electron chi connectivity index (χ1n) is 14.1. The third-order valence-electron chi connectivity index (χ3n) is 8.84. The average molecular weight is 541 g/mol. The molecule has 0 atom stereocenters. The van der Waals surface area contributed by atoms with Crippen LogP contribution in [0.1, 0.15) is 0 Å². The molecule has 2 N–H and O–H groups in total. The highest BCUT2D eigenvalue weighted by Gasteiger charge is 2.48. The summed E-state index contributed by atoms with van der Waals surface area (Å²) in [7, 11) is 0. The molecule has 2 saturated heterocycles. The Morgan fingerprint density at radius 3 is 1.73 bits per heavy atom. The van der Waals surface area contributed by atoms with Gasteiger partial charge in [-0.25, -0.2) is 0 Å². The molecule has 1 spiro atoms. The third kappa shape index (κ3) is 3.75. The highest BCUT2D eigenvalue weighted by atomic mass is 16.5. The first kappa shape index (κ1) is 23.1. The van der Waals surface area contributed by atoms with Crippen LogP contribution < -0.4 is 9.64 Å². The highest BCUT2D eigenvalue weighted by molar-refractivity contribution is 5.88. The summed E-state index contributed by atoms with van der Waals surface area (Å²) in [6, 6.07) is 25.9. The van der Waals surface area contributed by atoms with Gasteiger partial charge in [-0.05, 0) is 70.8 Å². The third-order valence-corrected chi connectivity index (χ3v) is 8.84. The number of nitrogens with one attached hydrogen (secondary N) is 2. The number of aromatic amines is 2. The van der Waals surface area contributed by atoms with E-state index in [4.69, 9.17) is 9.47 Å². The molecule has 0 radical (unpaired) electrons. The Morgan fingerprint density at radius 2 is 1.20 bits per heavy atom. The summed E-state index contributed by atoms with van der Waals surface area (Å²) >= 11 is 0. The average Bonchev–Trinajstić information content (AvgIpc) is 3.63. The molecule has 0 amide bonds. The lowest BCUT2D eigenvalue weighted by Crippen LogP contribution is -2.66. The molecule has 5 heterocycles. The summed E-state index contributed by atoms with van der Waals surface area (Å²) in [4.78, 5) is 4.96. The van der Waals surface area contributed by atoms with Crippen LogP contribution in [0.5, 0.6) is 11.5 Å². The number of fused-ring (bicyclic) bond motifs is 4. The molecular formula is C33H28N6O2. The van der Waals surface area contributed by atoms with Crippen molar-refractivity contribution in [2.75, 3.05) is 44.3 Å². The summed E-state index contributed by atoms with van der Waals surface area (Å²) in [5, 5.41) is 16.6. The quantitative estimate of drug-likeness (QED) is 0.265. The summed E-state index contributed by atoms with van der Waals surface area (Å²) < 4.78 is 12.2. The number of benzene rings is 4. The van der Waals surface area contributed by atoms with Gasteiger partial charge >= 0.3 is 0 Å². The summed E-state index contributed by atoms with van der Waals surface area (Å²) in [6.45, 7) is 5.96. The van der Waals surface area contributed by atoms with Crippen LogP contribution in [0.15, 0.2) is 85.2 Å². The molecule has 3 aliphatic heterocycles. The molecule has 2 fully saturated rings. The molecule has 4 aromatic carbocycles. The van der Waals surface area contributed by atoms with E-state index in [-0.39, 0.29) is 0 Å². The molecule has 6 aromatic rings. The molecular weight excluding hydrogens is 512 g/mol. The first-order valence-corrected chi connectivity index (χ1v) is 14.1. The van der Waals surface area contributed by atoms with E-state index in [0.29, 0.717) is 5.41 Å². The zero-order chi connectivity index (χ0) is 27.0. The fraction of sp³-hybridized carbons (Fsp3) is 0.212.